The fourth-order valence-electron chi connectivity index (χ4n) is 0. The third kappa shape index (κ3) is 24.0. The van der Waals surface area contributed by atoms with Crippen molar-refractivity contribution >= 4 is 0 Å². The number of quaternary nitrogens is 1. The Hall–Kier alpha value is -0.550. The van der Waals surface area contributed by atoms with E-state index in [0.29, 0.717) is 0 Å². The lowest BCUT2D eigenvalue weighted by Crippen LogP contribution is -2.74. The maximum atomic E-state index is 6.25. The predicted octanol–water partition coefficient (Wildman–Crippen LogP) is -1.09. The first-order valence-corrected chi connectivity index (χ1v) is 1.38. The molecule has 0 rings (SSSR count). The molecule has 0 atom stereocenters. The molecule has 0 aromatic heterocycles. The van der Waals surface area contributed by atoms with Gasteiger partial charge in [-0.1, -0.05) is 0 Å². The molecule has 0 unspecified atom stereocenters. The normalized spacial score (nSPS) is 4.00. The van der Waals surface area contributed by atoms with Crippen molar-refractivity contribution in [2.45, 2.75) is 0 Å². The Morgan fingerprint density at radius 2 is 1.40 bits per heavy atom. The molecule has 0 aromatic rings. The molecule has 0 amide bonds. The van der Waals surface area contributed by atoms with Gasteiger partial charge in [-0.25, -0.2) is 0 Å². The van der Waals surface area contributed by atoms with Crippen LogP contribution in [-0.4, -0.2) is 14.1 Å². The Kier molecular flexibility index (Phi) is 180. The van der Waals surface area contributed by atoms with Gasteiger partial charge in [-0.15, -0.1) is 0 Å². The molecule has 2 N–H and O–H groups in total. The highest BCUT2D eigenvalue weighted by molar-refractivity contribution is 3.44. The monoisotopic (exact) mass is 72.1 g/mol. The predicted molar refractivity (Wildman–Crippen MR) is 18.7 cm³/mol. The number of nitrogens with zero attached hydrogens (tertiary/aromatic N) is 1. The van der Waals surface area contributed by atoms with Gasteiger partial charge in [-0.3, -0.25) is 0 Å². The van der Waals surface area contributed by atoms with E-state index >= 15 is 0 Å². The van der Waals surface area contributed by atoms with Crippen molar-refractivity contribution < 1.29 is 5.32 Å². The highest BCUT2D eigenvalue weighted by atomic mass is 14.7. The summed E-state index contributed by atoms with van der Waals surface area (Å²) in [4.78, 5) is 0. The summed E-state index contributed by atoms with van der Waals surface area (Å²) in [7, 11) is 4.00. The Morgan fingerprint density at radius 3 is 1.40 bits per heavy atom. The molecule has 0 aromatic carbocycles. The SMILES string of the molecule is C[NH2+]C.[C-]#N. The number of hydrogen-bond donors (Lipinski definition) is 1. The van der Waals surface area contributed by atoms with Gasteiger partial charge in [-0.2, -0.15) is 0 Å². The Labute approximate surface area is 32.4 Å². The maximum absolute atomic E-state index is 6.25. The van der Waals surface area contributed by atoms with Crippen molar-refractivity contribution in [3.8, 4) is 0 Å². The van der Waals surface area contributed by atoms with E-state index in [-0.39, 0.29) is 0 Å². The minimum atomic E-state index is 2.00. The second kappa shape index (κ2) is 102. The van der Waals surface area contributed by atoms with Crippen LogP contribution in [0.15, 0.2) is 0 Å². The average molecular weight is 72.1 g/mol. The Bertz CT molecular complexity index is 16.1. The Morgan fingerprint density at radius 1 is 1.40 bits per heavy atom. The van der Waals surface area contributed by atoms with Gasteiger partial charge < -0.3 is 17.2 Å². The van der Waals surface area contributed by atoms with Crippen LogP contribution in [0.5, 0.6) is 0 Å². The second-order valence-corrected chi connectivity index (χ2v) is 0.577. The van der Waals surface area contributed by atoms with E-state index in [2.05, 4.69) is 0 Å². The molecule has 0 spiro atoms. The van der Waals surface area contributed by atoms with E-state index < -0.39 is 0 Å². The molecule has 0 heterocycles. The zero-order chi connectivity index (χ0) is 4.71. The summed E-state index contributed by atoms with van der Waals surface area (Å²) in [6, 6.07) is 0. The fraction of sp³-hybridized carbons (Fsp3) is 0.667. The zero-order valence-electron chi connectivity index (χ0n) is 3.52. The summed E-state index contributed by atoms with van der Waals surface area (Å²) in [5.41, 5.74) is 0. The zero-order valence-corrected chi connectivity index (χ0v) is 3.52. The van der Waals surface area contributed by atoms with Gasteiger partial charge in [0.2, 0.25) is 0 Å². The standard InChI is InChI=1S/C2H7N.CN/c1-3-2;1-2/h3H,1-2H3;/q;-1/p+1. The van der Waals surface area contributed by atoms with E-state index in [1.807, 2.05) is 19.4 Å². The van der Waals surface area contributed by atoms with E-state index in [1.165, 1.54) is 0 Å². The van der Waals surface area contributed by atoms with Crippen molar-refractivity contribution in [1.82, 2.24) is 0 Å². The fourth-order valence-corrected chi connectivity index (χ4v) is 0. The molecule has 2 heteroatoms. The van der Waals surface area contributed by atoms with Gasteiger partial charge in [0.1, 0.15) is 0 Å². The van der Waals surface area contributed by atoms with Crippen LogP contribution in [0, 0.1) is 11.8 Å². The lowest BCUT2D eigenvalue weighted by atomic mass is 11.3. The molecule has 0 saturated carbocycles. The minimum Gasteiger partial charge on any atom is -0.512 e. The van der Waals surface area contributed by atoms with Crippen molar-refractivity contribution in [2.24, 2.45) is 0 Å². The van der Waals surface area contributed by atoms with Crippen molar-refractivity contribution in [2.75, 3.05) is 14.1 Å². The van der Waals surface area contributed by atoms with Gasteiger partial charge in [0, 0.05) is 0 Å². The molecule has 0 bridgehead atoms. The first-order chi connectivity index (χ1) is 2.41. The molecular weight excluding hydrogens is 64.0 g/mol. The lowest BCUT2D eigenvalue weighted by Gasteiger charge is -1.57. The van der Waals surface area contributed by atoms with Crippen LogP contribution < -0.4 is 5.32 Å². The van der Waals surface area contributed by atoms with Gasteiger partial charge in [0.25, 0.3) is 0 Å². The van der Waals surface area contributed by atoms with Gasteiger partial charge in [0.15, 0.2) is 0 Å². The van der Waals surface area contributed by atoms with Crippen molar-refractivity contribution in [3.05, 3.63) is 6.57 Å². The second-order valence-electron chi connectivity index (χ2n) is 0.577. The quantitative estimate of drug-likeness (QED) is 0.363. The molecular formula is C3H8N2. The molecule has 0 aliphatic rings. The van der Waals surface area contributed by atoms with E-state index in [1.54, 1.807) is 0 Å². The third-order valence-electron chi connectivity index (χ3n) is 0. The first-order valence-electron chi connectivity index (χ1n) is 1.38. The van der Waals surface area contributed by atoms with E-state index in [4.69, 9.17) is 11.8 Å². The number of nitrogens with two attached hydrogens (primary N) is 1. The molecule has 30 valence electrons. The van der Waals surface area contributed by atoms with Crippen LogP contribution in [0.4, 0.5) is 0 Å². The van der Waals surface area contributed by atoms with Gasteiger partial charge in [-0.05, 0) is 0 Å². The van der Waals surface area contributed by atoms with Crippen LogP contribution in [0.1, 0.15) is 0 Å². The van der Waals surface area contributed by atoms with Crippen LogP contribution in [0.2, 0.25) is 0 Å². The van der Waals surface area contributed by atoms with Crippen LogP contribution >= 0.6 is 0 Å². The summed E-state index contributed by atoms with van der Waals surface area (Å²) in [6.45, 7) is 4.75. The van der Waals surface area contributed by atoms with Crippen molar-refractivity contribution in [3.63, 3.8) is 0 Å². The van der Waals surface area contributed by atoms with Crippen LogP contribution in [0.3, 0.4) is 0 Å². The molecule has 0 saturated heterocycles. The highest BCUT2D eigenvalue weighted by Crippen LogP contribution is 0.627. The van der Waals surface area contributed by atoms with Crippen molar-refractivity contribution in [1.29, 1.82) is 5.26 Å². The highest BCUT2D eigenvalue weighted by Gasteiger charge is 1.29. The summed E-state index contributed by atoms with van der Waals surface area (Å²) in [6.07, 6.45) is 0. The smallest absolute Gasteiger partial charge is 0.0647 e. The van der Waals surface area contributed by atoms with Gasteiger partial charge in [0.05, 0.1) is 14.1 Å². The first kappa shape index (κ1) is 8.82. The minimum absolute atomic E-state index is 2.00. The summed E-state index contributed by atoms with van der Waals surface area (Å²) in [5.74, 6) is 0. The van der Waals surface area contributed by atoms with E-state index in [9.17, 15) is 0 Å². The number of rotatable bonds is 0. The molecule has 2 nitrogen and oxygen atoms in total. The largest absolute Gasteiger partial charge is 0.512 e. The summed E-state index contributed by atoms with van der Waals surface area (Å²) < 4.78 is 0. The average Bonchev–Trinajstić information content (AvgIpc) is 1.46. The van der Waals surface area contributed by atoms with Crippen LogP contribution in [0.25, 0.3) is 0 Å². The van der Waals surface area contributed by atoms with E-state index in [0.717, 1.165) is 0 Å². The summed E-state index contributed by atoms with van der Waals surface area (Å²) in [5, 5.41) is 8.25. The third-order valence-corrected chi connectivity index (χ3v) is 0. The number of hydrogen-bond acceptors (Lipinski definition) is 1. The molecule has 0 radical (unpaired) electrons. The molecule has 0 fully saturated rings. The lowest BCUT2D eigenvalue weighted by molar-refractivity contribution is -0.597. The molecule has 0 aliphatic heterocycles. The topological polar surface area (TPSA) is 40.4 Å². The molecule has 0 aliphatic carbocycles. The maximum Gasteiger partial charge on any atom is 0.0647 e. The summed E-state index contributed by atoms with van der Waals surface area (Å²) >= 11 is 0. The van der Waals surface area contributed by atoms with Gasteiger partial charge >= 0.3 is 0 Å². The molecule has 5 heavy (non-hydrogen) atoms. The van der Waals surface area contributed by atoms with Crippen LogP contribution in [-0.2, 0) is 0 Å². The Balaban J connectivity index is 0.